The maximum Gasteiger partial charge on any atom is 0.261 e. The summed E-state index contributed by atoms with van der Waals surface area (Å²) in [4.78, 5) is 13.7. The Morgan fingerprint density at radius 2 is 2.31 bits per heavy atom. The lowest BCUT2D eigenvalue weighted by Gasteiger charge is -2.04. The predicted octanol–water partition coefficient (Wildman–Crippen LogP) is 2.12. The Kier molecular flexibility index (Phi) is 4.96. The van der Waals surface area contributed by atoms with Crippen molar-refractivity contribution in [2.45, 2.75) is 39.7 Å². The van der Waals surface area contributed by atoms with Crippen molar-refractivity contribution in [3.05, 3.63) is 21.4 Å². The number of amides is 1. The van der Waals surface area contributed by atoms with Gasteiger partial charge < -0.3 is 10.4 Å². The summed E-state index contributed by atoms with van der Waals surface area (Å²) in [6.07, 6.45) is 1.61. The summed E-state index contributed by atoms with van der Waals surface area (Å²) in [5.41, 5.74) is 1.26. The molecule has 0 radical (unpaired) electrons. The van der Waals surface area contributed by atoms with Crippen LogP contribution in [0.15, 0.2) is 6.07 Å². The zero-order chi connectivity index (χ0) is 12.1. The first kappa shape index (κ1) is 13.2. The van der Waals surface area contributed by atoms with E-state index >= 15 is 0 Å². The van der Waals surface area contributed by atoms with E-state index in [4.69, 9.17) is 5.11 Å². The molecular weight excluding hydrogens is 222 g/mol. The number of aliphatic hydroxyl groups is 1. The van der Waals surface area contributed by atoms with Gasteiger partial charge in [0.15, 0.2) is 0 Å². The number of carbonyl (C=O) groups excluding carboxylic acids is 1. The minimum Gasteiger partial charge on any atom is -0.392 e. The van der Waals surface area contributed by atoms with Gasteiger partial charge in [-0.3, -0.25) is 4.79 Å². The fraction of sp³-hybridized carbons (Fsp3) is 0.583. The minimum atomic E-state index is -0.500. The van der Waals surface area contributed by atoms with Crippen molar-refractivity contribution in [3.8, 4) is 0 Å². The van der Waals surface area contributed by atoms with Gasteiger partial charge in [0.1, 0.15) is 0 Å². The largest absolute Gasteiger partial charge is 0.392 e. The van der Waals surface area contributed by atoms with Crippen LogP contribution in [0.5, 0.6) is 0 Å². The summed E-state index contributed by atoms with van der Waals surface area (Å²) in [6, 6.07) is 1.96. The van der Waals surface area contributed by atoms with E-state index < -0.39 is 6.10 Å². The quantitative estimate of drug-likeness (QED) is 0.829. The Morgan fingerprint density at radius 3 is 2.88 bits per heavy atom. The Morgan fingerprint density at radius 1 is 1.62 bits per heavy atom. The summed E-state index contributed by atoms with van der Waals surface area (Å²) in [5.74, 6) is -0.0867. The van der Waals surface area contributed by atoms with Crippen LogP contribution in [0.4, 0.5) is 0 Å². The van der Waals surface area contributed by atoms with Crippen LogP contribution in [0.25, 0.3) is 0 Å². The predicted molar refractivity (Wildman–Crippen MR) is 67.1 cm³/mol. The molecule has 1 aromatic rings. The molecule has 0 saturated heterocycles. The Balaban J connectivity index is 2.65. The van der Waals surface area contributed by atoms with Gasteiger partial charge in [0.2, 0.25) is 0 Å². The summed E-state index contributed by atoms with van der Waals surface area (Å²) >= 11 is 1.52. The van der Waals surface area contributed by atoms with E-state index in [1.54, 1.807) is 6.92 Å². The molecule has 0 saturated carbocycles. The number of carbonyl (C=O) groups is 1. The van der Waals surface area contributed by atoms with Gasteiger partial charge in [-0.2, -0.15) is 0 Å². The third-order valence-corrected chi connectivity index (χ3v) is 3.41. The molecule has 0 fully saturated rings. The molecule has 3 nitrogen and oxygen atoms in total. The molecule has 1 heterocycles. The number of hydrogen-bond acceptors (Lipinski definition) is 3. The molecule has 1 atom stereocenters. The van der Waals surface area contributed by atoms with Crippen LogP contribution in [0.2, 0.25) is 0 Å². The molecule has 16 heavy (non-hydrogen) atoms. The lowest BCUT2D eigenvalue weighted by molar-refractivity contribution is 0.0928. The first-order chi connectivity index (χ1) is 7.54. The number of rotatable bonds is 5. The van der Waals surface area contributed by atoms with Crippen LogP contribution < -0.4 is 5.32 Å². The highest BCUT2D eigenvalue weighted by Gasteiger charge is 2.12. The molecule has 0 bridgehead atoms. The molecule has 4 heteroatoms. The molecule has 1 rings (SSSR count). The summed E-state index contributed by atoms with van der Waals surface area (Å²) in [5, 5.41) is 11.8. The van der Waals surface area contributed by atoms with Crippen molar-refractivity contribution in [1.82, 2.24) is 5.32 Å². The molecule has 0 spiro atoms. The van der Waals surface area contributed by atoms with Gasteiger partial charge in [0.05, 0.1) is 11.0 Å². The second-order valence-corrected chi connectivity index (χ2v) is 5.26. The highest BCUT2D eigenvalue weighted by molar-refractivity contribution is 7.14. The maximum absolute atomic E-state index is 11.7. The fourth-order valence-corrected chi connectivity index (χ4v) is 2.46. The lowest BCUT2D eigenvalue weighted by Crippen LogP contribution is -2.29. The standard InChI is InChI=1S/C12H19NO2S/c1-4-5-10-6-11(16-9(10)3)12(15)13-7-8(2)14/h6,8,14H,4-5,7H2,1-3H3,(H,13,15)/t8-/m1/s1. The van der Waals surface area contributed by atoms with E-state index in [9.17, 15) is 4.79 Å². The fourth-order valence-electron chi connectivity index (χ4n) is 1.48. The van der Waals surface area contributed by atoms with Crippen molar-refractivity contribution in [1.29, 1.82) is 0 Å². The minimum absolute atomic E-state index is 0.0867. The van der Waals surface area contributed by atoms with Gasteiger partial charge >= 0.3 is 0 Å². The Hall–Kier alpha value is -0.870. The van der Waals surface area contributed by atoms with Crippen LogP contribution >= 0.6 is 11.3 Å². The highest BCUT2D eigenvalue weighted by Crippen LogP contribution is 2.22. The van der Waals surface area contributed by atoms with Crippen molar-refractivity contribution in [2.24, 2.45) is 0 Å². The second-order valence-electron chi connectivity index (χ2n) is 4.00. The maximum atomic E-state index is 11.7. The van der Waals surface area contributed by atoms with Gasteiger partial charge in [0.25, 0.3) is 5.91 Å². The van der Waals surface area contributed by atoms with Crippen molar-refractivity contribution in [2.75, 3.05) is 6.54 Å². The average Bonchev–Trinajstić information content (AvgIpc) is 2.57. The van der Waals surface area contributed by atoms with Gasteiger partial charge in [0, 0.05) is 11.4 Å². The zero-order valence-electron chi connectivity index (χ0n) is 10.0. The van der Waals surface area contributed by atoms with Crippen LogP contribution in [0.3, 0.4) is 0 Å². The molecule has 1 amide bonds. The van der Waals surface area contributed by atoms with Crippen LogP contribution in [-0.4, -0.2) is 23.7 Å². The monoisotopic (exact) mass is 241 g/mol. The summed E-state index contributed by atoms with van der Waals surface area (Å²) in [7, 11) is 0. The van der Waals surface area contributed by atoms with Crippen LogP contribution in [0, 0.1) is 6.92 Å². The number of aryl methyl sites for hydroxylation is 2. The van der Waals surface area contributed by atoms with E-state index in [-0.39, 0.29) is 5.91 Å². The summed E-state index contributed by atoms with van der Waals surface area (Å²) < 4.78 is 0. The SMILES string of the molecule is CCCc1cc(C(=O)NC[C@@H](C)O)sc1C. The zero-order valence-corrected chi connectivity index (χ0v) is 10.9. The first-order valence-corrected chi connectivity index (χ1v) is 6.41. The smallest absolute Gasteiger partial charge is 0.261 e. The molecule has 0 aliphatic carbocycles. The lowest BCUT2D eigenvalue weighted by atomic mass is 10.1. The molecule has 0 aliphatic rings. The summed E-state index contributed by atoms with van der Waals surface area (Å²) in [6.45, 7) is 6.13. The average molecular weight is 241 g/mol. The van der Waals surface area contributed by atoms with E-state index in [0.29, 0.717) is 6.54 Å². The van der Waals surface area contributed by atoms with Crippen molar-refractivity contribution in [3.63, 3.8) is 0 Å². The van der Waals surface area contributed by atoms with Crippen LogP contribution in [0.1, 0.15) is 40.4 Å². The third kappa shape index (κ3) is 3.61. The third-order valence-electron chi connectivity index (χ3n) is 2.32. The highest BCUT2D eigenvalue weighted by atomic mass is 32.1. The van der Waals surface area contributed by atoms with E-state index in [1.165, 1.54) is 21.8 Å². The molecule has 0 aliphatic heterocycles. The van der Waals surface area contributed by atoms with Crippen molar-refractivity contribution < 1.29 is 9.90 Å². The van der Waals surface area contributed by atoms with E-state index in [0.717, 1.165) is 17.7 Å². The van der Waals surface area contributed by atoms with E-state index in [1.807, 2.05) is 13.0 Å². The second kappa shape index (κ2) is 6.01. The first-order valence-electron chi connectivity index (χ1n) is 5.60. The van der Waals surface area contributed by atoms with Gasteiger partial charge in [-0.25, -0.2) is 0 Å². The Bertz CT molecular complexity index is 358. The normalized spacial score (nSPS) is 12.5. The molecule has 1 aromatic heterocycles. The number of aliphatic hydroxyl groups excluding tert-OH is 1. The van der Waals surface area contributed by atoms with Crippen LogP contribution in [-0.2, 0) is 6.42 Å². The molecule has 90 valence electrons. The van der Waals surface area contributed by atoms with Gasteiger partial charge in [-0.05, 0) is 31.9 Å². The van der Waals surface area contributed by atoms with Gasteiger partial charge in [-0.15, -0.1) is 11.3 Å². The topological polar surface area (TPSA) is 49.3 Å². The number of nitrogens with one attached hydrogen (secondary N) is 1. The molecule has 0 aromatic carbocycles. The molecule has 0 unspecified atom stereocenters. The number of thiophene rings is 1. The number of hydrogen-bond donors (Lipinski definition) is 2. The molecular formula is C12H19NO2S. The molecule has 2 N–H and O–H groups in total. The van der Waals surface area contributed by atoms with Gasteiger partial charge in [-0.1, -0.05) is 13.3 Å². The van der Waals surface area contributed by atoms with Crippen molar-refractivity contribution >= 4 is 17.2 Å². The van der Waals surface area contributed by atoms with E-state index in [2.05, 4.69) is 12.2 Å². The Labute approximate surface area is 100 Å².